The van der Waals surface area contributed by atoms with E-state index in [1.165, 1.54) is 0 Å². The summed E-state index contributed by atoms with van der Waals surface area (Å²) in [6.07, 6.45) is 4.43. The van der Waals surface area contributed by atoms with Crippen LogP contribution in [0.15, 0.2) is 24.3 Å². The molecule has 124 valence electrons. The third-order valence-electron chi connectivity index (χ3n) is 3.65. The number of nitrogens with one attached hydrogen (secondary N) is 1. The maximum Gasteiger partial charge on any atom is 0.220 e. The molecule has 5 heteroatoms. The number of ether oxygens (including phenoxy) is 1. The number of halogens is 1. The number of carbonyl (C=O) groups excluding carboxylic acids is 1. The maximum absolute atomic E-state index is 12.0. The highest BCUT2D eigenvalue weighted by Crippen LogP contribution is 2.22. The molecule has 1 rings (SSSR count). The van der Waals surface area contributed by atoms with Crippen LogP contribution in [0.3, 0.4) is 0 Å². The van der Waals surface area contributed by atoms with Crippen molar-refractivity contribution < 1.29 is 9.53 Å². The molecule has 0 spiro atoms. The Hall–Kier alpha value is -1.10. The molecule has 1 aromatic carbocycles. The highest BCUT2D eigenvalue weighted by Gasteiger charge is 2.20. The highest BCUT2D eigenvalue weighted by molar-refractivity contribution is 6.30. The maximum atomic E-state index is 12.0. The molecule has 1 aromatic rings. The fraction of sp³-hybridized carbons (Fsp3) is 0.588. The molecular weight excluding hydrogens is 300 g/mol. The van der Waals surface area contributed by atoms with Gasteiger partial charge in [0.2, 0.25) is 5.91 Å². The number of hydrogen-bond donors (Lipinski definition) is 2. The van der Waals surface area contributed by atoms with E-state index in [0.717, 1.165) is 37.8 Å². The predicted octanol–water partition coefficient (Wildman–Crippen LogP) is 3.44. The van der Waals surface area contributed by atoms with E-state index < -0.39 is 0 Å². The van der Waals surface area contributed by atoms with Crippen LogP contribution < -0.4 is 11.1 Å². The van der Waals surface area contributed by atoms with Crippen LogP contribution in [0, 0.1) is 0 Å². The van der Waals surface area contributed by atoms with Crippen molar-refractivity contribution in [3.8, 4) is 0 Å². The minimum absolute atomic E-state index is 0.0660. The molecular formula is C17H27ClN2O2. The van der Waals surface area contributed by atoms with E-state index in [1.54, 1.807) is 7.11 Å². The van der Waals surface area contributed by atoms with Gasteiger partial charge in [-0.3, -0.25) is 4.79 Å². The van der Waals surface area contributed by atoms with Gasteiger partial charge in [-0.15, -0.1) is 0 Å². The van der Waals surface area contributed by atoms with Crippen molar-refractivity contribution in [2.45, 2.75) is 51.2 Å². The van der Waals surface area contributed by atoms with Gasteiger partial charge in [0.25, 0.3) is 0 Å². The van der Waals surface area contributed by atoms with Crippen LogP contribution in [-0.2, 0) is 9.53 Å². The molecule has 1 amide bonds. The molecule has 0 radical (unpaired) electrons. The van der Waals surface area contributed by atoms with Crippen molar-refractivity contribution in [1.29, 1.82) is 0 Å². The number of unbranched alkanes of at least 4 members (excludes halogenated alkanes) is 3. The molecule has 0 bridgehead atoms. The van der Waals surface area contributed by atoms with Crippen molar-refractivity contribution >= 4 is 17.5 Å². The first-order chi connectivity index (χ1) is 10.6. The van der Waals surface area contributed by atoms with Crippen molar-refractivity contribution in [3.05, 3.63) is 34.9 Å². The zero-order valence-corrected chi connectivity index (χ0v) is 14.2. The Balaban J connectivity index is 2.42. The van der Waals surface area contributed by atoms with Gasteiger partial charge in [-0.25, -0.2) is 0 Å². The van der Waals surface area contributed by atoms with E-state index in [1.807, 2.05) is 31.2 Å². The lowest BCUT2D eigenvalue weighted by Gasteiger charge is -2.24. The fourth-order valence-electron chi connectivity index (χ4n) is 2.47. The zero-order valence-electron chi connectivity index (χ0n) is 13.5. The van der Waals surface area contributed by atoms with Gasteiger partial charge in [-0.2, -0.15) is 0 Å². The summed E-state index contributed by atoms with van der Waals surface area (Å²) in [6, 6.07) is 7.41. The van der Waals surface area contributed by atoms with Crippen molar-refractivity contribution in [3.63, 3.8) is 0 Å². The van der Waals surface area contributed by atoms with Gasteiger partial charge in [0.1, 0.15) is 6.10 Å². The van der Waals surface area contributed by atoms with Crippen LogP contribution in [0.1, 0.15) is 50.7 Å². The predicted molar refractivity (Wildman–Crippen MR) is 90.9 cm³/mol. The SMILES string of the molecule is COC(c1ccc(Cl)cc1)C(C)NC(=O)CCCCCCN. The van der Waals surface area contributed by atoms with E-state index in [0.29, 0.717) is 11.4 Å². The number of rotatable bonds is 10. The lowest BCUT2D eigenvalue weighted by molar-refractivity contribution is -0.122. The van der Waals surface area contributed by atoms with Crippen LogP contribution in [0.2, 0.25) is 5.02 Å². The first-order valence-electron chi connectivity index (χ1n) is 7.86. The molecule has 22 heavy (non-hydrogen) atoms. The molecule has 4 nitrogen and oxygen atoms in total. The summed E-state index contributed by atoms with van der Waals surface area (Å²) in [5.74, 6) is 0.0660. The summed E-state index contributed by atoms with van der Waals surface area (Å²) in [6.45, 7) is 2.68. The average molecular weight is 327 g/mol. The van der Waals surface area contributed by atoms with E-state index in [9.17, 15) is 4.79 Å². The second kappa shape index (κ2) is 10.6. The lowest BCUT2D eigenvalue weighted by atomic mass is 10.0. The van der Waals surface area contributed by atoms with Gasteiger partial charge in [-0.05, 0) is 44.0 Å². The zero-order chi connectivity index (χ0) is 16.4. The molecule has 2 atom stereocenters. The van der Waals surface area contributed by atoms with Crippen molar-refractivity contribution in [2.75, 3.05) is 13.7 Å². The number of benzene rings is 1. The summed E-state index contributed by atoms with van der Waals surface area (Å²) in [4.78, 5) is 12.0. The average Bonchev–Trinajstić information content (AvgIpc) is 2.49. The van der Waals surface area contributed by atoms with Gasteiger partial charge < -0.3 is 15.8 Å². The largest absolute Gasteiger partial charge is 0.375 e. The molecule has 3 N–H and O–H groups in total. The molecule has 0 aliphatic carbocycles. The molecule has 0 fully saturated rings. The number of nitrogens with two attached hydrogens (primary N) is 1. The summed E-state index contributed by atoms with van der Waals surface area (Å²) in [5.41, 5.74) is 6.45. The number of amides is 1. The standard InChI is InChI=1S/C17H27ClN2O2/c1-13(20-16(21)7-5-3-4-6-12-19)17(22-2)14-8-10-15(18)11-9-14/h8-11,13,17H,3-7,12,19H2,1-2H3,(H,20,21). The molecule has 0 saturated carbocycles. The van der Waals surface area contributed by atoms with Crippen molar-refractivity contribution in [1.82, 2.24) is 5.32 Å². The Labute approximate surface area is 138 Å². The van der Waals surface area contributed by atoms with Crippen LogP contribution in [0.4, 0.5) is 0 Å². The fourth-order valence-corrected chi connectivity index (χ4v) is 2.59. The Morgan fingerprint density at radius 2 is 1.86 bits per heavy atom. The third kappa shape index (κ3) is 6.77. The first kappa shape index (κ1) is 18.9. The first-order valence-corrected chi connectivity index (χ1v) is 8.24. The lowest BCUT2D eigenvalue weighted by Crippen LogP contribution is -2.37. The van der Waals surface area contributed by atoms with E-state index >= 15 is 0 Å². The second-order valence-electron chi connectivity index (χ2n) is 5.52. The van der Waals surface area contributed by atoms with Crippen LogP contribution in [0.25, 0.3) is 0 Å². The Kier molecular flexibility index (Phi) is 9.13. The third-order valence-corrected chi connectivity index (χ3v) is 3.91. The quantitative estimate of drug-likeness (QED) is 0.647. The monoisotopic (exact) mass is 326 g/mol. The van der Waals surface area contributed by atoms with Crippen LogP contribution in [-0.4, -0.2) is 25.6 Å². The Morgan fingerprint density at radius 1 is 1.23 bits per heavy atom. The topological polar surface area (TPSA) is 64.3 Å². The Bertz CT molecular complexity index is 437. The van der Waals surface area contributed by atoms with Gasteiger partial charge >= 0.3 is 0 Å². The van der Waals surface area contributed by atoms with Gasteiger partial charge in [0.05, 0.1) is 6.04 Å². The summed E-state index contributed by atoms with van der Waals surface area (Å²) < 4.78 is 5.52. The van der Waals surface area contributed by atoms with Gasteiger partial charge in [0.15, 0.2) is 0 Å². The summed E-state index contributed by atoms with van der Waals surface area (Å²) in [5, 5.41) is 3.70. The normalized spacial score (nSPS) is 13.6. The van der Waals surface area contributed by atoms with Gasteiger partial charge in [0, 0.05) is 18.6 Å². The molecule has 2 unspecified atom stereocenters. The minimum atomic E-state index is -0.182. The van der Waals surface area contributed by atoms with E-state index in [2.05, 4.69) is 5.32 Å². The molecule has 0 aromatic heterocycles. The second-order valence-corrected chi connectivity index (χ2v) is 5.95. The minimum Gasteiger partial charge on any atom is -0.375 e. The smallest absolute Gasteiger partial charge is 0.220 e. The van der Waals surface area contributed by atoms with E-state index in [-0.39, 0.29) is 18.1 Å². The number of methoxy groups -OCH3 is 1. The molecule has 0 aliphatic heterocycles. The van der Waals surface area contributed by atoms with Crippen molar-refractivity contribution in [2.24, 2.45) is 5.73 Å². The summed E-state index contributed by atoms with van der Waals surface area (Å²) in [7, 11) is 1.65. The number of hydrogen-bond acceptors (Lipinski definition) is 3. The highest BCUT2D eigenvalue weighted by atomic mass is 35.5. The summed E-state index contributed by atoms with van der Waals surface area (Å²) >= 11 is 5.90. The Morgan fingerprint density at radius 3 is 2.45 bits per heavy atom. The molecule has 0 heterocycles. The molecule has 0 aliphatic rings. The van der Waals surface area contributed by atoms with Crippen LogP contribution in [0.5, 0.6) is 0 Å². The van der Waals surface area contributed by atoms with Crippen LogP contribution >= 0.6 is 11.6 Å². The van der Waals surface area contributed by atoms with E-state index in [4.69, 9.17) is 22.1 Å². The van der Waals surface area contributed by atoms with Gasteiger partial charge in [-0.1, -0.05) is 36.6 Å². The number of carbonyl (C=O) groups is 1. The molecule has 0 saturated heterocycles.